The lowest BCUT2D eigenvalue weighted by Gasteiger charge is -2.28. The first-order chi connectivity index (χ1) is 29.3. The van der Waals surface area contributed by atoms with Gasteiger partial charge < -0.3 is 9.47 Å². The molecule has 0 N–H and O–H groups in total. The van der Waals surface area contributed by atoms with Crippen molar-refractivity contribution in [3.8, 4) is 50.2 Å². The zero-order valence-corrected chi connectivity index (χ0v) is 33.1. The van der Waals surface area contributed by atoms with Crippen LogP contribution in [-0.2, 0) is 0 Å². The van der Waals surface area contributed by atoms with Gasteiger partial charge in [-0.25, -0.2) is 0 Å². The highest BCUT2D eigenvalue weighted by molar-refractivity contribution is 7.27. The van der Waals surface area contributed by atoms with E-state index in [-0.39, 0.29) is 0 Å². The molecule has 0 saturated carbocycles. The van der Waals surface area contributed by atoms with Crippen molar-refractivity contribution in [3.05, 3.63) is 231 Å². The Morgan fingerprint density at radius 1 is 0.339 bits per heavy atom. The third-order valence-electron chi connectivity index (χ3n) is 11.4. The summed E-state index contributed by atoms with van der Waals surface area (Å²) >= 11 is 1.90. The van der Waals surface area contributed by atoms with Crippen molar-refractivity contribution in [2.24, 2.45) is 0 Å². The molecule has 0 radical (unpaired) electrons. The molecule has 0 bridgehead atoms. The normalized spacial score (nSPS) is 11.4. The molecule has 11 rings (SSSR count). The molecule has 0 amide bonds. The van der Waals surface area contributed by atoms with Crippen LogP contribution in [0.25, 0.3) is 81.4 Å². The van der Waals surface area contributed by atoms with Gasteiger partial charge >= 0.3 is 0 Å². The highest BCUT2D eigenvalue weighted by Crippen LogP contribution is 2.49. The van der Waals surface area contributed by atoms with Crippen LogP contribution in [0.2, 0.25) is 0 Å². The summed E-state index contributed by atoms with van der Waals surface area (Å²) in [5, 5.41) is 2.54. The largest absolute Gasteiger partial charge is 0.310 e. The fourth-order valence-corrected chi connectivity index (χ4v) is 9.96. The minimum Gasteiger partial charge on any atom is -0.310 e. The van der Waals surface area contributed by atoms with Crippen LogP contribution in [-0.4, -0.2) is 4.57 Å². The SMILES string of the molecule is c1ccc(-c2ccc(-c3cccc(N(c4ccc(-c5ccccc5)cc4)c4ccccc4-c4cccc5c4sc4c6ccccc6n(-c6ccccc6)c54)c3)cc2)cc1. The molecule has 0 unspecified atom stereocenters. The average Bonchev–Trinajstić information content (AvgIpc) is 3.86. The molecule has 2 aromatic heterocycles. The van der Waals surface area contributed by atoms with Crippen LogP contribution in [0.15, 0.2) is 231 Å². The lowest BCUT2D eigenvalue weighted by atomic mass is 9.98. The quantitative estimate of drug-likeness (QED) is 0.149. The third kappa shape index (κ3) is 6.20. The first-order valence-corrected chi connectivity index (χ1v) is 20.9. The Morgan fingerprint density at radius 3 is 1.56 bits per heavy atom. The van der Waals surface area contributed by atoms with Crippen LogP contribution in [0.1, 0.15) is 0 Å². The highest BCUT2D eigenvalue weighted by Gasteiger charge is 2.23. The van der Waals surface area contributed by atoms with Gasteiger partial charge in [0.2, 0.25) is 0 Å². The first kappa shape index (κ1) is 34.8. The second kappa shape index (κ2) is 14.8. The van der Waals surface area contributed by atoms with E-state index in [0.717, 1.165) is 17.1 Å². The van der Waals surface area contributed by atoms with E-state index in [9.17, 15) is 0 Å². The van der Waals surface area contributed by atoms with Crippen molar-refractivity contribution in [1.29, 1.82) is 0 Å². The molecule has 0 saturated heterocycles. The van der Waals surface area contributed by atoms with Crippen molar-refractivity contribution in [3.63, 3.8) is 0 Å². The number of rotatable bonds is 8. The number of thiophene rings is 1. The number of fused-ring (bicyclic) bond motifs is 5. The second-order valence-corrected chi connectivity index (χ2v) is 15.9. The second-order valence-electron chi connectivity index (χ2n) is 14.9. The Labute approximate surface area is 348 Å². The standard InChI is InChI=1S/C56H38N2S/c1-4-16-39(17-5-1)41-30-32-43(33-31-41)44-20-14-23-47(38-44)57(46-36-34-42(35-37-46)40-18-6-2-7-19-40)52-28-12-10-24-48(52)49-26-15-27-51-54-56(59-55(49)51)50-25-11-13-29-53(50)58(54)45-21-8-3-9-22-45/h1-38H. The van der Waals surface area contributed by atoms with E-state index in [2.05, 4.69) is 240 Å². The molecule has 11 aromatic rings. The predicted molar refractivity (Wildman–Crippen MR) is 253 cm³/mol. The zero-order valence-electron chi connectivity index (χ0n) is 32.2. The molecule has 2 heterocycles. The Kier molecular flexibility index (Phi) is 8.72. The van der Waals surface area contributed by atoms with Gasteiger partial charge in [0.15, 0.2) is 0 Å². The molecule has 59 heavy (non-hydrogen) atoms. The maximum Gasteiger partial charge on any atom is 0.0727 e. The summed E-state index contributed by atoms with van der Waals surface area (Å²) in [6.45, 7) is 0. The zero-order chi connectivity index (χ0) is 39.1. The number of hydrogen-bond acceptors (Lipinski definition) is 2. The summed E-state index contributed by atoms with van der Waals surface area (Å²) in [5.41, 5.74) is 16.6. The number of para-hydroxylation sites is 3. The van der Waals surface area contributed by atoms with Crippen molar-refractivity contribution in [2.75, 3.05) is 4.90 Å². The van der Waals surface area contributed by atoms with E-state index in [0.29, 0.717) is 0 Å². The Hall–Kier alpha value is -7.46. The van der Waals surface area contributed by atoms with Crippen LogP contribution in [0, 0.1) is 0 Å². The molecule has 2 nitrogen and oxygen atoms in total. The molecule has 3 heteroatoms. The highest BCUT2D eigenvalue weighted by atomic mass is 32.1. The fourth-order valence-electron chi connectivity index (χ4n) is 8.62. The lowest BCUT2D eigenvalue weighted by Crippen LogP contribution is -2.11. The van der Waals surface area contributed by atoms with Crippen LogP contribution in [0.4, 0.5) is 17.1 Å². The van der Waals surface area contributed by atoms with Gasteiger partial charge in [-0.1, -0.05) is 182 Å². The van der Waals surface area contributed by atoms with Crippen LogP contribution in [0.5, 0.6) is 0 Å². The van der Waals surface area contributed by atoms with Gasteiger partial charge in [-0.05, 0) is 81.9 Å². The van der Waals surface area contributed by atoms with Gasteiger partial charge in [0, 0.05) is 43.7 Å². The van der Waals surface area contributed by atoms with Crippen LogP contribution in [0.3, 0.4) is 0 Å². The van der Waals surface area contributed by atoms with Gasteiger partial charge in [-0.3, -0.25) is 0 Å². The van der Waals surface area contributed by atoms with Crippen molar-refractivity contribution < 1.29 is 0 Å². The maximum absolute atomic E-state index is 2.44. The number of hydrogen-bond donors (Lipinski definition) is 0. The maximum atomic E-state index is 2.44. The number of benzene rings is 9. The molecular formula is C56H38N2S. The molecule has 9 aromatic carbocycles. The van der Waals surface area contributed by atoms with Gasteiger partial charge in [0.05, 0.1) is 21.4 Å². The topological polar surface area (TPSA) is 8.17 Å². The average molecular weight is 771 g/mol. The molecule has 278 valence electrons. The summed E-state index contributed by atoms with van der Waals surface area (Å²) in [7, 11) is 0. The molecule has 0 fully saturated rings. The van der Waals surface area contributed by atoms with Gasteiger partial charge in [-0.15, -0.1) is 11.3 Å². The van der Waals surface area contributed by atoms with E-state index >= 15 is 0 Å². The molecule has 0 spiro atoms. The number of aromatic nitrogens is 1. The summed E-state index contributed by atoms with van der Waals surface area (Å²) in [5.74, 6) is 0. The van der Waals surface area contributed by atoms with E-state index in [1.807, 2.05) is 11.3 Å². The number of anilines is 3. The van der Waals surface area contributed by atoms with E-state index < -0.39 is 0 Å². The summed E-state index contributed by atoms with van der Waals surface area (Å²) in [6, 6.07) is 83.4. The predicted octanol–water partition coefficient (Wildman–Crippen LogP) is 16.1. The molecule has 0 aliphatic carbocycles. The van der Waals surface area contributed by atoms with Crippen LogP contribution >= 0.6 is 11.3 Å². The third-order valence-corrected chi connectivity index (χ3v) is 12.7. The van der Waals surface area contributed by atoms with Gasteiger partial charge in [0.1, 0.15) is 0 Å². The molecule has 0 aliphatic rings. The van der Waals surface area contributed by atoms with Gasteiger partial charge in [-0.2, -0.15) is 0 Å². The monoisotopic (exact) mass is 770 g/mol. The first-order valence-electron chi connectivity index (χ1n) is 20.1. The number of nitrogens with zero attached hydrogens (tertiary/aromatic N) is 2. The van der Waals surface area contributed by atoms with Gasteiger partial charge in [0.25, 0.3) is 0 Å². The summed E-state index contributed by atoms with van der Waals surface area (Å²) in [6.07, 6.45) is 0. The van der Waals surface area contributed by atoms with Crippen molar-refractivity contribution in [2.45, 2.75) is 0 Å². The Balaban J connectivity index is 1.09. The van der Waals surface area contributed by atoms with Crippen molar-refractivity contribution >= 4 is 59.6 Å². The molecule has 0 atom stereocenters. The van der Waals surface area contributed by atoms with E-state index in [1.165, 1.54) is 81.4 Å². The van der Waals surface area contributed by atoms with Crippen molar-refractivity contribution in [1.82, 2.24) is 4.57 Å². The Bertz CT molecular complexity index is 3240. The Morgan fingerprint density at radius 2 is 0.847 bits per heavy atom. The lowest BCUT2D eigenvalue weighted by molar-refractivity contribution is 1.19. The smallest absolute Gasteiger partial charge is 0.0727 e. The molecule has 0 aliphatic heterocycles. The van der Waals surface area contributed by atoms with E-state index in [4.69, 9.17) is 0 Å². The van der Waals surface area contributed by atoms with Crippen LogP contribution < -0.4 is 4.90 Å². The minimum atomic E-state index is 1.10. The molecular weight excluding hydrogens is 733 g/mol. The fraction of sp³-hybridized carbons (Fsp3) is 0. The minimum absolute atomic E-state index is 1.10. The summed E-state index contributed by atoms with van der Waals surface area (Å²) in [4.78, 5) is 2.43. The van der Waals surface area contributed by atoms with E-state index in [1.54, 1.807) is 0 Å². The summed E-state index contributed by atoms with van der Waals surface area (Å²) < 4.78 is 5.04.